The molecule has 1 N–H and O–H groups in total. The van der Waals surface area contributed by atoms with Gasteiger partial charge in [-0.3, -0.25) is 19.8 Å². The molecule has 0 atom stereocenters. The average molecular weight is 437 g/mol. The summed E-state index contributed by atoms with van der Waals surface area (Å²) in [7, 11) is 0. The first kappa shape index (κ1) is 19.6. The quantitative estimate of drug-likeness (QED) is 0.438. The van der Waals surface area contributed by atoms with Crippen LogP contribution in [0.25, 0.3) is 6.08 Å². The van der Waals surface area contributed by atoms with Crippen LogP contribution in [0.4, 0.5) is 0 Å². The zero-order chi connectivity index (χ0) is 19.6. The Kier molecular flexibility index (Phi) is 5.96. The molecule has 136 valence electrons. The van der Waals surface area contributed by atoms with Crippen LogP contribution in [-0.2, 0) is 4.79 Å². The maximum atomic E-state index is 12.6. The second kappa shape index (κ2) is 8.22. The van der Waals surface area contributed by atoms with Gasteiger partial charge in [-0.15, -0.1) is 0 Å². The zero-order valence-electron chi connectivity index (χ0n) is 13.4. The predicted molar refractivity (Wildman–Crippen MR) is 111 cm³/mol. The molecule has 0 aliphatic carbocycles. The van der Waals surface area contributed by atoms with E-state index in [1.165, 1.54) is 18.2 Å². The van der Waals surface area contributed by atoms with E-state index in [2.05, 4.69) is 5.43 Å². The van der Waals surface area contributed by atoms with Crippen molar-refractivity contribution in [1.82, 2.24) is 10.4 Å². The van der Waals surface area contributed by atoms with Gasteiger partial charge in [-0.1, -0.05) is 59.2 Å². The van der Waals surface area contributed by atoms with Gasteiger partial charge in [0.1, 0.15) is 6.29 Å². The van der Waals surface area contributed by atoms with Gasteiger partial charge < -0.3 is 0 Å². The molecule has 0 radical (unpaired) electrons. The Balaban J connectivity index is 1.78. The van der Waals surface area contributed by atoms with E-state index in [1.807, 2.05) is 0 Å². The first-order valence-electron chi connectivity index (χ1n) is 7.48. The molecule has 0 bridgehead atoms. The lowest BCUT2D eigenvalue weighted by Gasteiger charge is -2.16. The lowest BCUT2D eigenvalue weighted by atomic mass is 10.1. The second-order valence-electron chi connectivity index (χ2n) is 5.37. The summed E-state index contributed by atoms with van der Waals surface area (Å²) in [6.07, 6.45) is 2.37. The van der Waals surface area contributed by atoms with Crippen molar-refractivity contribution in [2.24, 2.45) is 0 Å². The number of hydrogen-bond acceptors (Lipinski definition) is 5. The summed E-state index contributed by atoms with van der Waals surface area (Å²) in [5.74, 6) is -1.03. The summed E-state index contributed by atoms with van der Waals surface area (Å²) in [5.41, 5.74) is 3.89. The number of aldehydes is 1. The van der Waals surface area contributed by atoms with Crippen molar-refractivity contribution in [2.75, 3.05) is 0 Å². The maximum absolute atomic E-state index is 12.6. The maximum Gasteiger partial charge on any atom is 0.285 e. The summed E-state index contributed by atoms with van der Waals surface area (Å²) in [4.78, 5) is 36.0. The van der Waals surface area contributed by atoms with Crippen LogP contribution >= 0.6 is 47.2 Å². The number of rotatable bonds is 4. The van der Waals surface area contributed by atoms with Crippen LogP contribution < -0.4 is 5.43 Å². The van der Waals surface area contributed by atoms with Gasteiger partial charge in [0.05, 0.1) is 15.5 Å². The fraction of sp³-hybridized carbons (Fsp3) is 0. The number of carbonyl (C=O) groups excluding carboxylic acids is 3. The number of thioether (sulfide) groups is 1. The highest BCUT2D eigenvalue weighted by Crippen LogP contribution is 2.31. The molecule has 0 aromatic heterocycles. The van der Waals surface area contributed by atoms with Crippen LogP contribution in [0.5, 0.6) is 0 Å². The Morgan fingerprint density at radius 3 is 2.41 bits per heavy atom. The minimum absolute atomic E-state index is 0.163. The third kappa shape index (κ3) is 4.39. The van der Waals surface area contributed by atoms with Crippen molar-refractivity contribution < 1.29 is 14.4 Å². The number of nitrogens with one attached hydrogen (secondary N) is 1. The van der Waals surface area contributed by atoms with Gasteiger partial charge in [-0.25, -0.2) is 0 Å². The summed E-state index contributed by atoms with van der Waals surface area (Å²) in [5, 5.41) is 1.56. The summed E-state index contributed by atoms with van der Waals surface area (Å²) in [6, 6.07) is 11.1. The number of hydrogen-bond donors (Lipinski definition) is 1. The first-order chi connectivity index (χ1) is 12.9. The van der Waals surface area contributed by atoms with Crippen LogP contribution in [0.3, 0.4) is 0 Å². The van der Waals surface area contributed by atoms with Crippen LogP contribution in [0, 0.1) is 0 Å². The first-order valence-corrected chi connectivity index (χ1v) is 9.46. The number of nitrogens with zero attached hydrogens (tertiary/aromatic N) is 1. The van der Waals surface area contributed by atoms with Crippen molar-refractivity contribution in [3.05, 3.63) is 74.1 Å². The highest BCUT2D eigenvalue weighted by Gasteiger charge is 2.34. The molecule has 1 aliphatic rings. The lowest BCUT2D eigenvalue weighted by molar-refractivity contribution is -0.123. The van der Waals surface area contributed by atoms with Crippen LogP contribution in [0.2, 0.25) is 10.0 Å². The van der Waals surface area contributed by atoms with Gasteiger partial charge >= 0.3 is 0 Å². The highest BCUT2D eigenvalue weighted by molar-refractivity contribution is 8.26. The van der Waals surface area contributed by atoms with E-state index in [0.29, 0.717) is 15.5 Å². The third-order valence-electron chi connectivity index (χ3n) is 3.55. The monoisotopic (exact) mass is 436 g/mol. The highest BCUT2D eigenvalue weighted by atomic mass is 35.5. The van der Waals surface area contributed by atoms with Crippen molar-refractivity contribution in [1.29, 1.82) is 0 Å². The molecule has 5 nitrogen and oxygen atoms in total. The summed E-state index contributed by atoms with van der Waals surface area (Å²) >= 11 is 18.1. The molecule has 0 unspecified atom stereocenters. The van der Waals surface area contributed by atoms with E-state index >= 15 is 0 Å². The topological polar surface area (TPSA) is 66.5 Å². The molecule has 1 saturated heterocycles. The fourth-order valence-electron chi connectivity index (χ4n) is 2.22. The lowest BCUT2D eigenvalue weighted by Crippen LogP contribution is -2.44. The SMILES string of the molecule is O=Cc1ccc(/C=C2\SC(=S)N(NC(=O)c3ccc(Cl)cc3Cl)C2=O)cc1. The molecule has 27 heavy (non-hydrogen) atoms. The largest absolute Gasteiger partial charge is 0.298 e. The number of thiocarbonyl (C=S) groups is 1. The standard InChI is InChI=1S/C18H10Cl2N2O3S2/c19-12-5-6-13(14(20)8-12)16(24)21-22-17(25)15(27-18(22)26)7-10-1-3-11(9-23)4-2-10/h1-9H,(H,21,24)/b15-7-. The normalized spacial score (nSPS) is 15.3. The van der Waals surface area contributed by atoms with E-state index in [0.717, 1.165) is 28.6 Å². The van der Waals surface area contributed by atoms with E-state index < -0.39 is 11.8 Å². The Hall–Kier alpha value is -2.19. The average Bonchev–Trinajstić information content (AvgIpc) is 2.89. The minimum atomic E-state index is -0.579. The van der Waals surface area contributed by atoms with Crippen LogP contribution in [0.1, 0.15) is 26.3 Å². The van der Waals surface area contributed by atoms with Crippen LogP contribution in [-0.4, -0.2) is 27.4 Å². The molecule has 2 amide bonds. The Morgan fingerprint density at radius 2 is 1.78 bits per heavy atom. The van der Waals surface area contributed by atoms with E-state index in [9.17, 15) is 14.4 Å². The molecule has 0 saturated carbocycles. The Morgan fingerprint density at radius 1 is 1.11 bits per heavy atom. The number of benzene rings is 2. The zero-order valence-corrected chi connectivity index (χ0v) is 16.6. The molecule has 9 heteroatoms. The van der Waals surface area contributed by atoms with Gasteiger partial charge in [0.2, 0.25) is 0 Å². The molecule has 1 aliphatic heterocycles. The number of hydrazine groups is 1. The van der Waals surface area contributed by atoms with Gasteiger partial charge in [0.25, 0.3) is 11.8 Å². The molecule has 2 aromatic rings. The molecule has 1 heterocycles. The fourth-order valence-corrected chi connectivity index (χ4v) is 3.90. The van der Waals surface area contributed by atoms with Crippen molar-refractivity contribution >= 4 is 75.7 Å². The van der Waals surface area contributed by atoms with Gasteiger partial charge in [0.15, 0.2) is 4.32 Å². The van der Waals surface area contributed by atoms with Crippen molar-refractivity contribution in [3.63, 3.8) is 0 Å². The number of halogens is 2. The minimum Gasteiger partial charge on any atom is -0.298 e. The second-order valence-corrected chi connectivity index (χ2v) is 7.89. The molecule has 0 spiro atoms. The van der Waals surface area contributed by atoms with Crippen molar-refractivity contribution in [2.45, 2.75) is 0 Å². The molecular weight excluding hydrogens is 427 g/mol. The van der Waals surface area contributed by atoms with Gasteiger partial charge in [-0.2, -0.15) is 5.01 Å². The Labute approximate surface area is 174 Å². The van der Waals surface area contributed by atoms with Gasteiger partial charge in [0, 0.05) is 10.6 Å². The van der Waals surface area contributed by atoms with Gasteiger partial charge in [-0.05, 0) is 42.1 Å². The molecule has 1 fully saturated rings. The van der Waals surface area contributed by atoms with E-state index in [-0.39, 0.29) is 14.9 Å². The summed E-state index contributed by atoms with van der Waals surface area (Å²) in [6.45, 7) is 0. The number of carbonyl (C=O) groups is 3. The molecule has 2 aromatic carbocycles. The Bertz CT molecular complexity index is 991. The third-order valence-corrected chi connectivity index (χ3v) is 5.40. The van der Waals surface area contributed by atoms with E-state index in [1.54, 1.807) is 30.3 Å². The molecule has 3 rings (SSSR count). The predicted octanol–water partition coefficient (Wildman–Crippen LogP) is 4.35. The van der Waals surface area contributed by atoms with Crippen molar-refractivity contribution in [3.8, 4) is 0 Å². The summed E-state index contributed by atoms with van der Waals surface area (Å²) < 4.78 is 0.189. The van der Waals surface area contributed by atoms with E-state index in [4.69, 9.17) is 35.4 Å². The van der Waals surface area contributed by atoms with Crippen LogP contribution in [0.15, 0.2) is 47.4 Å². The smallest absolute Gasteiger partial charge is 0.285 e. The number of amides is 2. The molecular formula is C18H10Cl2N2O3S2.